The summed E-state index contributed by atoms with van der Waals surface area (Å²) in [5, 5.41) is 9.00. The molecule has 2 aromatic carbocycles. The summed E-state index contributed by atoms with van der Waals surface area (Å²) in [5.41, 5.74) is 1.07. The number of fused-ring (bicyclic) bond motifs is 1. The van der Waals surface area contributed by atoms with Crippen LogP contribution in [-0.2, 0) is 0 Å². The fourth-order valence-corrected chi connectivity index (χ4v) is 2.44. The van der Waals surface area contributed by atoms with Gasteiger partial charge in [0.1, 0.15) is 11.5 Å². The molecule has 106 valence electrons. The summed E-state index contributed by atoms with van der Waals surface area (Å²) in [6.07, 6.45) is 1.73. The number of halogens is 1. The van der Waals surface area contributed by atoms with Crippen molar-refractivity contribution in [3.8, 4) is 22.9 Å². The molecule has 0 saturated heterocycles. The van der Waals surface area contributed by atoms with Crippen LogP contribution in [0.5, 0.6) is 0 Å². The van der Waals surface area contributed by atoms with Crippen molar-refractivity contribution >= 4 is 10.8 Å². The van der Waals surface area contributed by atoms with Crippen molar-refractivity contribution < 1.29 is 4.39 Å². The molecule has 5 heteroatoms. The molecule has 4 nitrogen and oxygen atoms in total. The van der Waals surface area contributed by atoms with Gasteiger partial charge in [0, 0.05) is 11.6 Å². The van der Waals surface area contributed by atoms with Crippen LogP contribution in [0.15, 0.2) is 60.8 Å². The predicted molar refractivity (Wildman–Crippen MR) is 82.5 cm³/mol. The van der Waals surface area contributed by atoms with E-state index in [0.717, 1.165) is 10.8 Å². The SMILES string of the molecule is Fc1ccccc1-c1n[nH]c(-c2nccc3ccccc23)n1. The number of pyridine rings is 1. The minimum Gasteiger partial charge on any atom is -0.257 e. The first-order chi connectivity index (χ1) is 10.8. The smallest absolute Gasteiger partial charge is 0.184 e. The minimum absolute atomic E-state index is 0.322. The third-order valence-corrected chi connectivity index (χ3v) is 3.50. The number of benzene rings is 2. The van der Waals surface area contributed by atoms with E-state index in [1.165, 1.54) is 6.07 Å². The lowest BCUT2D eigenvalue weighted by molar-refractivity contribution is 0.630. The zero-order valence-electron chi connectivity index (χ0n) is 11.5. The molecule has 4 rings (SSSR count). The second-order valence-electron chi connectivity index (χ2n) is 4.87. The van der Waals surface area contributed by atoms with Crippen LogP contribution in [0, 0.1) is 5.82 Å². The summed E-state index contributed by atoms with van der Waals surface area (Å²) in [4.78, 5) is 8.77. The second kappa shape index (κ2) is 5.04. The summed E-state index contributed by atoms with van der Waals surface area (Å²) < 4.78 is 13.8. The van der Waals surface area contributed by atoms with Gasteiger partial charge in [0.05, 0.1) is 5.56 Å². The van der Waals surface area contributed by atoms with E-state index in [-0.39, 0.29) is 5.82 Å². The number of H-pyrrole nitrogens is 1. The minimum atomic E-state index is -0.348. The van der Waals surface area contributed by atoms with Gasteiger partial charge >= 0.3 is 0 Å². The topological polar surface area (TPSA) is 54.5 Å². The van der Waals surface area contributed by atoms with E-state index in [4.69, 9.17) is 0 Å². The van der Waals surface area contributed by atoms with Gasteiger partial charge in [-0.25, -0.2) is 9.37 Å². The van der Waals surface area contributed by atoms with E-state index >= 15 is 0 Å². The van der Waals surface area contributed by atoms with Crippen molar-refractivity contribution in [2.24, 2.45) is 0 Å². The van der Waals surface area contributed by atoms with Gasteiger partial charge in [0.15, 0.2) is 11.6 Å². The van der Waals surface area contributed by atoms with E-state index in [1.807, 2.05) is 30.3 Å². The van der Waals surface area contributed by atoms with E-state index in [9.17, 15) is 4.39 Å². The number of aromatic amines is 1. The van der Waals surface area contributed by atoms with Gasteiger partial charge in [-0.2, -0.15) is 5.10 Å². The third kappa shape index (κ3) is 2.03. The molecule has 0 saturated carbocycles. The Morgan fingerprint density at radius 1 is 0.909 bits per heavy atom. The maximum atomic E-state index is 13.8. The lowest BCUT2D eigenvalue weighted by Gasteiger charge is -2.01. The maximum absolute atomic E-state index is 13.8. The second-order valence-corrected chi connectivity index (χ2v) is 4.87. The van der Waals surface area contributed by atoms with Crippen molar-refractivity contribution in [1.82, 2.24) is 20.2 Å². The number of nitrogens with one attached hydrogen (secondary N) is 1. The molecule has 4 aromatic rings. The van der Waals surface area contributed by atoms with Crippen LogP contribution in [0.1, 0.15) is 0 Å². The summed E-state index contributed by atoms with van der Waals surface area (Å²) in [6.45, 7) is 0. The highest BCUT2D eigenvalue weighted by atomic mass is 19.1. The summed E-state index contributed by atoms with van der Waals surface area (Å²) >= 11 is 0. The molecular weight excluding hydrogens is 279 g/mol. The molecule has 0 fully saturated rings. The first-order valence-electron chi connectivity index (χ1n) is 6.84. The highest BCUT2D eigenvalue weighted by molar-refractivity contribution is 5.92. The Bertz CT molecular complexity index is 956. The number of aromatic nitrogens is 4. The standard InChI is InChI=1S/C17H11FN4/c18-14-8-4-3-7-13(14)16-20-17(22-21-16)15-12-6-2-1-5-11(12)9-10-19-15/h1-10H,(H,20,21,22). The highest BCUT2D eigenvalue weighted by Gasteiger charge is 2.13. The number of nitrogens with zero attached hydrogens (tertiary/aromatic N) is 3. The van der Waals surface area contributed by atoms with Crippen molar-refractivity contribution in [1.29, 1.82) is 0 Å². The lowest BCUT2D eigenvalue weighted by atomic mass is 10.1. The monoisotopic (exact) mass is 290 g/mol. The average molecular weight is 290 g/mol. The van der Waals surface area contributed by atoms with Crippen LogP contribution >= 0.6 is 0 Å². The van der Waals surface area contributed by atoms with Gasteiger partial charge < -0.3 is 0 Å². The van der Waals surface area contributed by atoms with E-state index < -0.39 is 0 Å². The molecule has 2 heterocycles. The Morgan fingerprint density at radius 3 is 2.64 bits per heavy atom. The lowest BCUT2D eigenvalue weighted by Crippen LogP contribution is -1.88. The Balaban J connectivity index is 1.86. The molecule has 0 amide bonds. The molecule has 0 radical (unpaired) electrons. The Hall–Kier alpha value is -3.08. The fraction of sp³-hybridized carbons (Fsp3) is 0. The summed E-state index contributed by atoms with van der Waals surface area (Å²) in [5.74, 6) is 0.497. The van der Waals surface area contributed by atoms with Gasteiger partial charge in [-0.05, 0) is 23.6 Å². The van der Waals surface area contributed by atoms with E-state index in [0.29, 0.717) is 22.9 Å². The quantitative estimate of drug-likeness (QED) is 0.610. The van der Waals surface area contributed by atoms with Crippen LogP contribution in [0.4, 0.5) is 4.39 Å². The molecule has 0 unspecified atom stereocenters. The number of rotatable bonds is 2. The highest BCUT2D eigenvalue weighted by Crippen LogP contribution is 2.26. The molecular formula is C17H11FN4. The van der Waals surface area contributed by atoms with Crippen LogP contribution in [0.2, 0.25) is 0 Å². The van der Waals surface area contributed by atoms with Crippen molar-refractivity contribution in [3.05, 3.63) is 66.6 Å². The molecule has 0 aliphatic carbocycles. The average Bonchev–Trinajstić information content (AvgIpc) is 3.04. The zero-order chi connectivity index (χ0) is 14.9. The van der Waals surface area contributed by atoms with E-state index in [1.54, 1.807) is 24.4 Å². The van der Waals surface area contributed by atoms with Gasteiger partial charge in [0.2, 0.25) is 0 Å². The zero-order valence-corrected chi connectivity index (χ0v) is 11.5. The van der Waals surface area contributed by atoms with Gasteiger partial charge in [-0.3, -0.25) is 10.1 Å². The molecule has 0 spiro atoms. The summed E-state index contributed by atoms with van der Waals surface area (Å²) in [7, 11) is 0. The fourth-order valence-electron chi connectivity index (χ4n) is 2.44. The summed E-state index contributed by atoms with van der Waals surface area (Å²) in [6, 6.07) is 16.3. The van der Waals surface area contributed by atoms with Crippen molar-refractivity contribution in [3.63, 3.8) is 0 Å². The molecule has 0 aliphatic rings. The third-order valence-electron chi connectivity index (χ3n) is 3.50. The molecule has 0 atom stereocenters. The van der Waals surface area contributed by atoms with E-state index in [2.05, 4.69) is 20.2 Å². The van der Waals surface area contributed by atoms with Crippen LogP contribution in [0.25, 0.3) is 33.7 Å². The van der Waals surface area contributed by atoms with Crippen LogP contribution < -0.4 is 0 Å². The predicted octanol–water partition coefficient (Wildman–Crippen LogP) is 3.83. The Kier molecular flexibility index (Phi) is 2.89. The van der Waals surface area contributed by atoms with Crippen molar-refractivity contribution in [2.75, 3.05) is 0 Å². The first-order valence-corrected chi connectivity index (χ1v) is 6.84. The maximum Gasteiger partial charge on any atom is 0.184 e. The van der Waals surface area contributed by atoms with Gasteiger partial charge in [-0.15, -0.1) is 0 Å². The first kappa shape index (κ1) is 12.6. The molecule has 0 aliphatic heterocycles. The van der Waals surface area contributed by atoms with Gasteiger partial charge in [-0.1, -0.05) is 36.4 Å². The molecule has 1 N–H and O–H groups in total. The number of hydrogen-bond donors (Lipinski definition) is 1. The Morgan fingerprint density at radius 2 is 1.73 bits per heavy atom. The van der Waals surface area contributed by atoms with Gasteiger partial charge in [0.25, 0.3) is 0 Å². The molecule has 0 bridgehead atoms. The van der Waals surface area contributed by atoms with Crippen LogP contribution in [0.3, 0.4) is 0 Å². The van der Waals surface area contributed by atoms with Crippen LogP contribution in [-0.4, -0.2) is 20.2 Å². The molecule has 2 aromatic heterocycles. The normalized spacial score (nSPS) is 11.0. The molecule has 22 heavy (non-hydrogen) atoms. The largest absolute Gasteiger partial charge is 0.257 e. The Labute approximate surface area is 125 Å². The van der Waals surface area contributed by atoms with Crippen molar-refractivity contribution in [2.45, 2.75) is 0 Å². The number of hydrogen-bond acceptors (Lipinski definition) is 3.